The molecule has 8 nitrogen and oxygen atoms in total. The Hall–Kier alpha value is -4.46. The number of fused-ring (bicyclic) bond motifs is 1. The number of carbonyl (C=O) groups is 1. The molecule has 0 bridgehead atoms. The molecule has 180 valence electrons. The predicted octanol–water partition coefficient (Wildman–Crippen LogP) is 5.20. The number of carbonyl (C=O) groups excluding carboxylic acids is 1. The van der Waals surface area contributed by atoms with Gasteiger partial charge in [-0.1, -0.05) is 0 Å². The number of nitrogens with zero attached hydrogens (tertiary/aromatic N) is 1. The van der Waals surface area contributed by atoms with Crippen LogP contribution in [0.5, 0.6) is 28.7 Å². The Kier molecular flexibility index (Phi) is 6.91. The first-order valence-electron chi connectivity index (χ1n) is 10.8. The Morgan fingerprint density at radius 3 is 1.94 bits per heavy atom. The summed E-state index contributed by atoms with van der Waals surface area (Å²) in [6, 6.07) is 18.2. The van der Waals surface area contributed by atoms with E-state index in [1.165, 1.54) is 21.3 Å². The molecule has 1 heterocycles. The number of pyridine rings is 1. The van der Waals surface area contributed by atoms with Crippen molar-refractivity contribution in [2.24, 2.45) is 0 Å². The number of rotatable bonds is 8. The van der Waals surface area contributed by atoms with Crippen molar-refractivity contribution in [3.63, 3.8) is 0 Å². The van der Waals surface area contributed by atoms with Crippen molar-refractivity contribution in [1.29, 1.82) is 0 Å². The molecule has 0 saturated heterocycles. The number of nitrogens with one attached hydrogen (secondary N) is 1. The van der Waals surface area contributed by atoms with Gasteiger partial charge in [0, 0.05) is 28.3 Å². The van der Waals surface area contributed by atoms with E-state index in [0.717, 1.165) is 27.9 Å². The molecule has 3 aromatic carbocycles. The first-order chi connectivity index (χ1) is 17.0. The number of aromatic nitrogens is 1. The van der Waals surface area contributed by atoms with Gasteiger partial charge in [-0.25, -0.2) is 4.98 Å². The predicted molar refractivity (Wildman–Crippen MR) is 134 cm³/mol. The van der Waals surface area contributed by atoms with Gasteiger partial charge in [-0.3, -0.25) is 4.79 Å². The van der Waals surface area contributed by atoms with E-state index in [9.17, 15) is 4.79 Å². The quantitative estimate of drug-likeness (QED) is 0.376. The van der Waals surface area contributed by atoms with E-state index in [1.807, 2.05) is 42.5 Å². The molecule has 0 aliphatic carbocycles. The number of benzene rings is 3. The van der Waals surface area contributed by atoms with E-state index in [0.29, 0.717) is 34.2 Å². The van der Waals surface area contributed by atoms with Crippen LogP contribution in [0.15, 0.2) is 60.7 Å². The van der Waals surface area contributed by atoms with E-state index in [-0.39, 0.29) is 5.91 Å². The molecule has 8 heteroatoms. The summed E-state index contributed by atoms with van der Waals surface area (Å²) >= 11 is 0. The fourth-order valence-electron chi connectivity index (χ4n) is 3.77. The lowest BCUT2D eigenvalue weighted by atomic mass is 10.1. The van der Waals surface area contributed by atoms with Gasteiger partial charge in [-0.05, 0) is 54.6 Å². The molecular formula is C27H26N2O6. The van der Waals surface area contributed by atoms with E-state index in [4.69, 9.17) is 28.7 Å². The fourth-order valence-corrected chi connectivity index (χ4v) is 3.77. The summed E-state index contributed by atoms with van der Waals surface area (Å²) in [6.45, 7) is 0. The van der Waals surface area contributed by atoms with Crippen LogP contribution in [0.25, 0.3) is 22.2 Å². The Morgan fingerprint density at radius 1 is 0.714 bits per heavy atom. The van der Waals surface area contributed by atoms with Gasteiger partial charge in [-0.2, -0.15) is 0 Å². The Bertz CT molecular complexity index is 1340. The summed E-state index contributed by atoms with van der Waals surface area (Å²) in [5.74, 6) is 2.30. The first kappa shape index (κ1) is 23.7. The summed E-state index contributed by atoms with van der Waals surface area (Å²) < 4.78 is 26.9. The maximum Gasteiger partial charge on any atom is 0.255 e. The fraction of sp³-hybridized carbons (Fsp3) is 0.185. The minimum Gasteiger partial charge on any atom is -0.497 e. The number of amides is 1. The van der Waals surface area contributed by atoms with Gasteiger partial charge in [0.2, 0.25) is 5.75 Å². The van der Waals surface area contributed by atoms with E-state index >= 15 is 0 Å². The maximum atomic E-state index is 13.0. The number of ether oxygens (including phenoxy) is 5. The summed E-state index contributed by atoms with van der Waals surface area (Å²) in [4.78, 5) is 17.8. The van der Waals surface area contributed by atoms with Crippen LogP contribution in [0.1, 0.15) is 10.4 Å². The highest BCUT2D eigenvalue weighted by atomic mass is 16.5. The molecule has 0 aliphatic rings. The number of hydrogen-bond acceptors (Lipinski definition) is 7. The smallest absolute Gasteiger partial charge is 0.255 e. The largest absolute Gasteiger partial charge is 0.497 e. The number of methoxy groups -OCH3 is 5. The topological polar surface area (TPSA) is 88.1 Å². The molecule has 0 atom stereocenters. The van der Waals surface area contributed by atoms with Crippen LogP contribution >= 0.6 is 0 Å². The van der Waals surface area contributed by atoms with Gasteiger partial charge in [-0.15, -0.1) is 0 Å². The second kappa shape index (κ2) is 10.2. The molecule has 1 N–H and O–H groups in total. The highest BCUT2D eigenvalue weighted by molar-refractivity contribution is 6.06. The molecule has 0 fully saturated rings. The lowest BCUT2D eigenvalue weighted by molar-refractivity contribution is 0.102. The zero-order valence-corrected chi connectivity index (χ0v) is 20.2. The second-order valence-corrected chi connectivity index (χ2v) is 7.54. The van der Waals surface area contributed by atoms with Gasteiger partial charge < -0.3 is 29.0 Å². The number of anilines is 1. The van der Waals surface area contributed by atoms with E-state index in [1.54, 1.807) is 32.4 Å². The Morgan fingerprint density at radius 2 is 1.37 bits per heavy atom. The third-order valence-electron chi connectivity index (χ3n) is 5.56. The highest BCUT2D eigenvalue weighted by Crippen LogP contribution is 2.38. The summed E-state index contributed by atoms with van der Waals surface area (Å²) in [6.07, 6.45) is 0. The van der Waals surface area contributed by atoms with Crippen molar-refractivity contribution in [2.75, 3.05) is 40.9 Å². The van der Waals surface area contributed by atoms with Crippen LogP contribution in [-0.2, 0) is 0 Å². The van der Waals surface area contributed by atoms with Crippen LogP contribution in [0, 0.1) is 0 Å². The molecule has 4 rings (SSSR count). The van der Waals surface area contributed by atoms with Gasteiger partial charge in [0.15, 0.2) is 11.5 Å². The SMILES string of the molecule is COc1ccc(-c2cc(OC)c3cc(NC(=O)c4cc(OC)c(OC)c(OC)c4)ccc3n2)cc1. The summed E-state index contributed by atoms with van der Waals surface area (Å²) in [7, 11) is 7.75. The normalized spacial score (nSPS) is 10.5. The third kappa shape index (κ3) is 4.77. The van der Waals surface area contributed by atoms with Crippen molar-refractivity contribution in [2.45, 2.75) is 0 Å². The molecule has 1 amide bonds. The lowest BCUT2D eigenvalue weighted by Gasteiger charge is -2.14. The maximum absolute atomic E-state index is 13.0. The average molecular weight is 475 g/mol. The molecule has 0 saturated carbocycles. The molecule has 4 aromatic rings. The summed E-state index contributed by atoms with van der Waals surface area (Å²) in [5, 5.41) is 3.68. The molecule has 35 heavy (non-hydrogen) atoms. The average Bonchev–Trinajstić information content (AvgIpc) is 2.91. The van der Waals surface area contributed by atoms with Gasteiger partial charge in [0.05, 0.1) is 46.8 Å². The second-order valence-electron chi connectivity index (χ2n) is 7.54. The van der Waals surface area contributed by atoms with Crippen LogP contribution in [0.4, 0.5) is 5.69 Å². The molecule has 0 aliphatic heterocycles. The van der Waals surface area contributed by atoms with E-state index in [2.05, 4.69) is 5.32 Å². The van der Waals surface area contributed by atoms with Crippen LogP contribution in [0.2, 0.25) is 0 Å². The van der Waals surface area contributed by atoms with Crippen molar-refractivity contribution in [3.8, 4) is 40.0 Å². The van der Waals surface area contributed by atoms with Crippen molar-refractivity contribution in [1.82, 2.24) is 4.98 Å². The van der Waals surface area contributed by atoms with Crippen LogP contribution < -0.4 is 29.0 Å². The minimum absolute atomic E-state index is 0.328. The molecule has 0 radical (unpaired) electrons. The van der Waals surface area contributed by atoms with Crippen LogP contribution in [0.3, 0.4) is 0 Å². The highest BCUT2D eigenvalue weighted by Gasteiger charge is 2.18. The van der Waals surface area contributed by atoms with E-state index < -0.39 is 0 Å². The van der Waals surface area contributed by atoms with Gasteiger partial charge in [0.1, 0.15) is 11.5 Å². The van der Waals surface area contributed by atoms with Crippen molar-refractivity contribution < 1.29 is 28.5 Å². The monoisotopic (exact) mass is 474 g/mol. The molecule has 1 aromatic heterocycles. The van der Waals surface area contributed by atoms with Crippen molar-refractivity contribution in [3.05, 3.63) is 66.2 Å². The number of hydrogen-bond donors (Lipinski definition) is 1. The lowest BCUT2D eigenvalue weighted by Crippen LogP contribution is -2.12. The summed E-state index contributed by atoms with van der Waals surface area (Å²) in [5.41, 5.74) is 3.39. The third-order valence-corrected chi connectivity index (χ3v) is 5.56. The van der Waals surface area contributed by atoms with Crippen molar-refractivity contribution >= 4 is 22.5 Å². The zero-order valence-electron chi connectivity index (χ0n) is 20.2. The Balaban J connectivity index is 1.66. The van der Waals surface area contributed by atoms with Crippen LogP contribution in [-0.4, -0.2) is 46.4 Å². The Labute approximate surface area is 203 Å². The first-order valence-corrected chi connectivity index (χ1v) is 10.8. The molecule has 0 unspecified atom stereocenters. The zero-order chi connectivity index (χ0) is 24.9. The minimum atomic E-state index is -0.328. The molecular weight excluding hydrogens is 448 g/mol. The standard InChI is InChI=1S/C27H26N2O6/c1-31-19-9-6-16(7-10-19)22-15-23(32-2)20-14-18(8-11-21(20)29-22)28-27(30)17-12-24(33-3)26(35-5)25(13-17)34-4/h6-15H,1-5H3,(H,28,30). The van der Waals surface area contributed by atoms with Gasteiger partial charge in [0.25, 0.3) is 5.91 Å². The molecule has 0 spiro atoms. The van der Waals surface area contributed by atoms with Gasteiger partial charge >= 0.3 is 0 Å².